The maximum atomic E-state index is 6.42. The lowest BCUT2D eigenvalue weighted by molar-refractivity contribution is 0.201. The first-order valence-electron chi connectivity index (χ1n) is 6.70. The van der Waals surface area contributed by atoms with E-state index in [4.69, 9.17) is 23.2 Å². The second kappa shape index (κ2) is 6.46. The quantitative estimate of drug-likeness (QED) is 0.915. The molecule has 1 aliphatic heterocycles. The van der Waals surface area contributed by atoms with Crippen LogP contribution in [0.4, 0.5) is 0 Å². The molecule has 5 heteroatoms. The van der Waals surface area contributed by atoms with Crippen molar-refractivity contribution in [3.05, 3.63) is 56.2 Å². The molecule has 2 nitrogen and oxygen atoms in total. The molecular weight excluding hydrogens is 311 g/mol. The van der Waals surface area contributed by atoms with Gasteiger partial charge in [0, 0.05) is 36.1 Å². The fourth-order valence-electron chi connectivity index (χ4n) is 2.64. The predicted octanol–water partition coefficient (Wildman–Crippen LogP) is 4.05. The lowest BCUT2D eigenvalue weighted by Gasteiger charge is -2.35. The van der Waals surface area contributed by atoms with E-state index in [-0.39, 0.29) is 6.04 Å². The van der Waals surface area contributed by atoms with Gasteiger partial charge in [0.25, 0.3) is 0 Å². The summed E-state index contributed by atoms with van der Waals surface area (Å²) in [7, 11) is 0. The Kier molecular flexibility index (Phi) is 4.64. The molecule has 1 saturated heterocycles. The number of nitrogens with one attached hydrogen (secondary N) is 1. The van der Waals surface area contributed by atoms with Gasteiger partial charge in [-0.1, -0.05) is 41.4 Å². The van der Waals surface area contributed by atoms with Gasteiger partial charge in [0.1, 0.15) is 0 Å². The molecule has 1 aromatic carbocycles. The second-order valence-electron chi connectivity index (χ2n) is 4.85. The molecule has 106 valence electrons. The molecule has 0 saturated carbocycles. The van der Waals surface area contributed by atoms with Crippen molar-refractivity contribution in [3.8, 4) is 0 Å². The van der Waals surface area contributed by atoms with Crippen molar-refractivity contribution in [1.29, 1.82) is 0 Å². The maximum Gasteiger partial charge on any atom is 0.0931 e. The normalized spacial score (nSPS) is 18.1. The molecular formula is C15H16Cl2N2S. The Labute approximate surface area is 133 Å². The van der Waals surface area contributed by atoms with Gasteiger partial charge in [-0.05, 0) is 23.8 Å². The first kappa shape index (κ1) is 14.4. The van der Waals surface area contributed by atoms with E-state index in [2.05, 4.69) is 22.3 Å². The Morgan fingerprint density at radius 1 is 1.05 bits per heavy atom. The fraction of sp³-hybridized carbons (Fsp3) is 0.333. The van der Waals surface area contributed by atoms with E-state index in [0.717, 1.165) is 41.1 Å². The third kappa shape index (κ3) is 3.02. The first-order chi connectivity index (χ1) is 9.75. The number of halogens is 2. The summed E-state index contributed by atoms with van der Waals surface area (Å²) in [6.45, 7) is 4.07. The number of nitrogens with zero attached hydrogens (tertiary/aromatic N) is 1. The average molecular weight is 327 g/mol. The summed E-state index contributed by atoms with van der Waals surface area (Å²) in [5.41, 5.74) is 1.16. The summed E-state index contributed by atoms with van der Waals surface area (Å²) in [6, 6.07) is 12.4. The number of hydrogen-bond donors (Lipinski definition) is 1. The minimum absolute atomic E-state index is 0.197. The summed E-state index contributed by atoms with van der Waals surface area (Å²) in [5.74, 6) is 0. The molecule has 1 aliphatic rings. The molecule has 1 aromatic heterocycles. The molecule has 0 radical (unpaired) electrons. The molecule has 1 N–H and O–H groups in total. The van der Waals surface area contributed by atoms with Gasteiger partial charge in [0.15, 0.2) is 0 Å². The van der Waals surface area contributed by atoms with E-state index < -0.39 is 0 Å². The predicted molar refractivity (Wildman–Crippen MR) is 87.1 cm³/mol. The van der Waals surface area contributed by atoms with E-state index in [1.807, 2.05) is 24.3 Å². The molecule has 1 unspecified atom stereocenters. The van der Waals surface area contributed by atoms with Crippen LogP contribution in [0.25, 0.3) is 0 Å². The summed E-state index contributed by atoms with van der Waals surface area (Å²) >= 11 is 14.2. The monoisotopic (exact) mass is 326 g/mol. The topological polar surface area (TPSA) is 15.3 Å². The van der Waals surface area contributed by atoms with Gasteiger partial charge >= 0.3 is 0 Å². The van der Waals surface area contributed by atoms with Gasteiger partial charge in [-0.25, -0.2) is 0 Å². The van der Waals surface area contributed by atoms with Gasteiger partial charge < -0.3 is 5.32 Å². The summed E-state index contributed by atoms with van der Waals surface area (Å²) in [4.78, 5) is 3.73. The number of thiophene rings is 1. The second-order valence-corrected chi connectivity index (χ2v) is 7.01. The molecule has 0 aliphatic carbocycles. The highest BCUT2D eigenvalue weighted by Crippen LogP contribution is 2.38. The minimum Gasteiger partial charge on any atom is -0.314 e. The standard InChI is InChI=1S/C15H16Cl2N2S/c16-12-4-2-1-3-11(12)15(13-5-6-14(17)20-13)19-9-7-18-8-10-19/h1-6,15,18H,7-10H2. The smallest absolute Gasteiger partial charge is 0.0931 e. The number of benzene rings is 1. The Balaban J connectivity index is 2.01. The van der Waals surface area contributed by atoms with Gasteiger partial charge in [-0.3, -0.25) is 4.90 Å². The zero-order valence-corrected chi connectivity index (χ0v) is 13.3. The summed E-state index contributed by atoms with van der Waals surface area (Å²) in [6.07, 6.45) is 0. The first-order valence-corrected chi connectivity index (χ1v) is 8.27. The van der Waals surface area contributed by atoms with Gasteiger partial charge in [-0.2, -0.15) is 0 Å². The van der Waals surface area contributed by atoms with Gasteiger partial charge in [0.05, 0.1) is 10.4 Å². The Hall–Kier alpha value is -0.580. The highest BCUT2D eigenvalue weighted by Gasteiger charge is 2.26. The summed E-state index contributed by atoms with van der Waals surface area (Å²) in [5, 5.41) is 4.21. The average Bonchev–Trinajstić information content (AvgIpc) is 2.89. The number of hydrogen-bond acceptors (Lipinski definition) is 3. The van der Waals surface area contributed by atoms with Crippen LogP contribution in [0.5, 0.6) is 0 Å². The van der Waals surface area contributed by atoms with E-state index >= 15 is 0 Å². The highest BCUT2D eigenvalue weighted by molar-refractivity contribution is 7.16. The van der Waals surface area contributed by atoms with Crippen LogP contribution in [0.3, 0.4) is 0 Å². The van der Waals surface area contributed by atoms with Crippen LogP contribution in [-0.2, 0) is 0 Å². The molecule has 2 aromatic rings. The van der Waals surface area contributed by atoms with Crippen LogP contribution < -0.4 is 5.32 Å². The molecule has 1 fully saturated rings. The molecule has 0 bridgehead atoms. The third-order valence-electron chi connectivity index (χ3n) is 3.58. The molecule has 3 rings (SSSR count). The van der Waals surface area contributed by atoms with E-state index in [0.29, 0.717) is 0 Å². The fourth-order valence-corrected chi connectivity index (χ4v) is 4.10. The lowest BCUT2D eigenvalue weighted by atomic mass is 10.0. The molecule has 2 heterocycles. The maximum absolute atomic E-state index is 6.42. The van der Waals surface area contributed by atoms with Crippen LogP contribution >= 0.6 is 34.5 Å². The molecule has 0 spiro atoms. The zero-order chi connectivity index (χ0) is 13.9. The van der Waals surface area contributed by atoms with Crippen LogP contribution in [-0.4, -0.2) is 31.1 Å². The van der Waals surface area contributed by atoms with E-state index in [1.54, 1.807) is 11.3 Å². The van der Waals surface area contributed by atoms with Gasteiger partial charge in [0.2, 0.25) is 0 Å². The highest BCUT2D eigenvalue weighted by atomic mass is 35.5. The largest absolute Gasteiger partial charge is 0.314 e. The van der Waals surface area contributed by atoms with Crippen molar-refractivity contribution < 1.29 is 0 Å². The van der Waals surface area contributed by atoms with Crippen LogP contribution in [0.15, 0.2) is 36.4 Å². The summed E-state index contributed by atoms with van der Waals surface area (Å²) < 4.78 is 0.826. The number of rotatable bonds is 3. The van der Waals surface area contributed by atoms with Crippen molar-refractivity contribution in [1.82, 2.24) is 10.2 Å². The van der Waals surface area contributed by atoms with Crippen molar-refractivity contribution in [3.63, 3.8) is 0 Å². The van der Waals surface area contributed by atoms with Crippen LogP contribution in [0.2, 0.25) is 9.36 Å². The lowest BCUT2D eigenvalue weighted by Crippen LogP contribution is -2.45. The minimum atomic E-state index is 0.197. The SMILES string of the molecule is Clc1ccc(C(c2ccccc2Cl)N2CCNCC2)s1. The van der Waals surface area contributed by atoms with Crippen LogP contribution in [0.1, 0.15) is 16.5 Å². The number of piperazine rings is 1. The molecule has 0 amide bonds. The van der Waals surface area contributed by atoms with Crippen molar-refractivity contribution in [2.45, 2.75) is 6.04 Å². The Morgan fingerprint density at radius 3 is 2.45 bits per heavy atom. The van der Waals surface area contributed by atoms with Crippen molar-refractivity contribution in [2.24, 2.45) is 0 Å². The van der Waals surface area contributed by atoms with E-state index in [9.17, 15) is 0 Å². The van der Waals surface area contributed by atoms with Crippen molar-refractivity contribution in [2.75, 3.05) is 26.2 Å². The van der Waals surface area contributed by atoms with Gasteiger partial charge in [-0.15, -0.1) is 11.3 Å². The molecule has 20 heavy (non-hydrogen) atoms. The Morgan fingerprint density at radius 2 is 1.80 bits per heavy atom. The third-order valence-corrected chi connectivity index (χ3v) is 5.21. The zero-order valence-electron chi connectivity index (χ0n) is 11.0. The molecule has 1 atom stereocenters. The van der Waals surface area contributed by atoms with Crippen LogP contribution in [0, 0.1) is 0 Å². The van der Waals surface area contributed by atoms with Crippen molar-refractivity contribution >= 4 is 34.5 Å². The van der Waals surface area contributed by atoms with E-state index in [1.165, 1.54) is 4.88 Å². The Bertz CT molecular complexity index is 579.